The molecule has 1 aromatic carbocycles. The second kappa shape index (κ2) is 7.15. The van der Waals surface area contributed by atoms with E-state index in [0.29, 0.717) is 10.8 Å². The first-order valence-corrected chi connectivity index (χ1v) is 7.90. The fourth-order valence-electron chi connectivity index (χ4n) is 2.23. The molecular weight excluding hydrogens is 312 g/mol. The van der Waals surface area contributed by atoms with Crippen LogP contribution in [0.4, 0.5) is 4.79 Å². The SMILES string of the molecule is CO[C@H](c1ccccc1Cl)[C@@H](C)NC(=O)[C@H]1CSC(=O)N1. The molecule has 0 radical (unpaired) electrons. The largest absolute Gasteiger partial charge is 0.375 e. The minimum Gasteiger partial charge on any atom is -0.375 e. The summed E-state index contributed by atoms with van der Waals surface area (Å²) in [6.45, 7) is 1.85. The highest BCUT2D eigenvalue weighted by Crippen LogP contribution is 2.27. The number of carbonyl (C=O) groups excluding carboxylic acids is 2. The number of thioether (sulfide) groups is 1. The van der Waals surface area contributed by atoms with Crippen molar-refractivity contribution in [3.8, 4) is 0 Å². The molecule has 21 heavy (non-hydrogen) atoms. The third kappa shape index (κ3) is 3.90. The third-order valence-corrected chi connectivity index (χ3v) is 4.50. The molecule has 3 atom stereocenters. The number of rotatable bonds is 5. The predicted molar refractivity (Wildman–Crippen MR) is 83.6 cm³/mol. The van der Waals surface area contributed by atoms with Gasteiger partial charge in [-0.15, -0.1) is 0 Å². The van der Waals surface area contributed by atoms with Gasteiger partial charge in [0.05, 0.1) is 6.04 Å². The number of ether oxygens (including phenoxy) is 1. The molecule has 114 valence electrons. The summed E-state index contributed by atoms with van der Waals surface area (Å²) in [5.74, 6) is 0.233. The molecular formula is C14H17ClN2O3S. The standard InChI is InChI=1S/C14H17ClN2O3S/c1-8(16-13(18)11-7-21-14(19)17-11)12(20-2)9-5-3-4-6-10(9)15/h3-6,8,11-12H,7H2,1-2H3,(H,16,18)(H,17,19)/t8-,11-,12+/m1/s1. The maximum atomic E-state index is 12.1. The van der Waals surface area contributed by atoms with Gasteiger partial charge in [-0.3, -0.25) is 9.59 Å². The second-order valence-electron chi connectivity index (χ2n) is 4.77. The Labute approximate surface area is 132 Å². The molecule has 0 aliphatic carbocycles. The number of amides is 2. The predicted octanol–water partition coefficient (Wildman–Crippen LogP) is 2.36. The van der Waals surface area contributed by atoms with Crippen LogP contribution in [0.2, 0.25) is 5.02 Å². The quantitative estimate of drug-likeness (QED) is 0.870. The number of nitrogens with one attached hydrogen (secondary N) is 2. The molecule has 2 amide bonds. The van der Waals surface area contributed by atoms with Crippen LogP contribution in [0.25, 0.3) is 0 Å². The van der Waals surface area contributed by atoms with E-state index >= 15 is 0 Å². The first-order chi connectivity index (χ1) is 10.0. The van der Waals surface area contributed by atoms with Crippen LogP contribution in [0.15, 0.2) is 24.3 Å². The number of methoxy groups -OCH3 is 1. The van der Waals surface area contributed by atoms with Crippen LogP contribution in [-0.4, -0.2) is 36.1 Å². The first-order valence-electron chi connectivity index (χ1n) is 6.53. The van der Waals surface area contributed by atoms with Crippen molar-refractivity contribution in [3.05, 3.63) is 34.9 Å². The van der Waals surface area contributed by atoms with Crippen molar-refractivity contribution in [2.75, 3.05) is 12.9 Å². The Bertz CT molecular complexity index is 541. The molecule has 1 aromatic rings. The summed E-state index contributed by atoms with van der Waals surface area (Å²) in [5, 5.41) is 5.90. The fourth-order valence-corrected chi connectivity index (χ4v) is 3.25. The lowest BCUT2D eigenvalue weighted by molar-refractivity contribution is -0.123. The molecule has 2 N–H and O–H groups in total. The van der Waals surface area contributed by atoms with Gasteiger partial charge in [-0.1, -0.05) is 41.6 Å². The van der Waals surface area contributed by atoms with Crippen molar-refractivity contribution < 1.29 is 14.3 Å². The highest BCUT2D eigenvalue weighted by Gasteiger charge is 2.30. The van der Waals surface area contributed by atoms with Crippen LogP contribution in [0.5, 0.6) is 0 Å². The minimum absolute atomic E-state index is 0.169. The topological polar surface area (TPSA) is 67.4 Å². The van der Waals surface area contributed by atoms with Crippen LogP contribution < -0.4 is 10.6 Å². The van der Waals surface area contributed by atoms with E-state index < -0.39 is 6.04 Å². The number of halogens is 1. The maximum absolute atomic E-state index is 12.1. The summed E-state index contributed by atoms with van der Waals surface area (Å²) in [6.07, 6.45) is -0.354. The number of hydrogen-bond donors (Lipinski definition) is 2. The lowest BCUT2D eigenvalue weighted by Gasteiger charge is -2.26. The van der Waals surface area contributed by atoms with Crippen LogP contribution in [0.3, 0.4) is 0 Å². The molecule has 1 aliphatic heterocycles. The van der Waals surface area contributed by atoms with E-state index in [1.807, 2.05) is 25.1 Å². The Morgan fingerprint density at radius 2 is 2.24 bits per heavy atom. The Morgan fingerprint density at radius 1 is 1.52 bits per heavy atom. The summed E-state index contributed by atoms with van der Waals surface area (Å²) < 4.78 is 5.47. The highest BCUT2D eigenvalue weighted by molar-refractivity contribution is 8.14. The van der Waals surface area contributed by atoms with Gasteiger partial charge in [-0.05, 0) is 13.0 Å². The lowest BCUT2D eigenvalue weighted by Crippen LogP contribution is -2.48. The molecule has 5 nitrogen and oxygen atoms in total. The summed E-state index contributed by atoms with van der Waals surface area (Å²) in [4.78, 5) is 23.2. The molecule has 0 aromatic heterocycles. The Morgan fingerprint density at radius 3 is 2.81 bits per heavy atom. The first kappa shape index (κ1) is 16.1. The lowest BCUT2D eigenvalue weighted by atomic mass is 10.0. The minimum atomic E-state index is -0.492. The van der Waals surface area contributed by atoms with E-state index in [-0.39, 0.29) is 23.3 Å². The van der Waals surface area contributed by atoms with Gasteiger partial charge in [0.1, 0.15) is 12.1 Å². The maximum Gasteiger partial charge on any atom is 0.279 e. The van der Waals surface area contributed by atoms with Gasteiger partial charge in [0, 0.05) is 23.4 Å². The van der Waals surface area contributed by atoms with E-state index in [0.717, 1.165) is 17.3 Å². The summed E-state index contributed by atoms with van der Waals surface area (Å²) in [5.41, 5.74) is 0.819. The van der Waals surface area contributed by atoms with E-state index in [9.17, 15) is 9.59 Å². The van der Waals surface area contributed by atoms with Crippen molar-refractivity contribution in [2.24, 2.45) is 0 Å². The monoisotopic (exact) mass is 328 g/mol. The van der Waals surface area contributed by atoms with Crippen molar-refractivity contribution in [3.63, 3.8) is 0 Å². The Kier molecular flexibility index (Phi) is 5.50. The molecule has 7 heteroatoms. The number of hydrogen-bond acceptors (Lipinski definition) is 4. The fraction of sp³-hybridized carbons (Fsp3) is 0.429. The molecule has 0 bridgehead atoms. The van der Waals surface area contributed by atoms with Crippen LogP contribution in [0.1, 0.15) is 18.6 Å². The zero-order valence-electron chi connectivity index (χ0n) is 11.8. The van der Waals surface area contributed by atoms with Gasteiger partial charge >= 0.3 is 0 Å². The zero-order chi connectivity index (χ0) is 15.4. The van der Waals surface area contributed by atoms with Crippen LogP contribution >= 0.6 is 23.4 Å². The van der Waals surface area contributed by atoms with E-state index in [1.165, 1.54) is 0 Å². The number of carbonyl (C=O) groups is 2. The highest BCUT2D eigenvalue weighted by atomic mass is 35.5. The molecule has 1 aliphatic rings. The van der Waals surface area contributed by atoms with Gasteiger partial charge in [0.2, 0.25) is 5.91 Å². The average molecular weight is 329 g/mol. The van der Waals surface area contributed by atoms with Crippen LogP contribution in [-0.2, 0) is 9.53 Å². The average Bonchev–Trinajstić information content (AvgIpc) is 2.88. The molecule has 0 unspecified atom stereocenters. The van der Waals surface area contributed by atoms with Gasteiger partial charge in [-0.2, -0.15) is 0 Å². The van der Waals surface area contributed by atoms with Gasteiger partial charge in [-0.25, -0.2) is 0 Å². The van der Waals surface area contributed by atoms with Gasteiger partial charge in [0.15, 0.2) is 0 Å². The van der Waals surface area contributed by atoms with E-state index in [2.05, 4.69) is 10.6 Å². The molecule has 0 saturated carbocycles. The molecule has 0 spiro atoms. The van der Waals surface area contributed by atoms with E-state index in [4.69, 9.17) is 16.3 Å². The van der Waals surface area contributed by atoms with Crippen molar-refractivity contribution in [1.82, 2.24) is 10.6 Å². The van der Waals surface area contributed by atoms with Gasteiger partial charge in [0.25, 0.3) is 5.24 Å². The van der Waals surface area contributed by atoms with Crippen molar-refractivity contribution >= 4 is 34.5 Å². The molecule has 2 rings (SSSR count). The summed E-state index contributed by atoms with van der Waals surface area (Å²) in [7, 11) is 1.57. The van der Waals surface area contributed by atoms with Gasteiger partial charge < -0.3 is 15.4 Å². The third-order valence-electron chi connectivity index (χ3n) is 3.28. The Balaban J connectivity index is 2.03. The van der Waals surface area contributed by atoms with Crippen LogP contribution in [0, 0.1) is 0 Å². The van der Waals surface area contributed by atoms with Crippen molar-refractivity contribution in [1.29, 1.82) is 0 Å². The normalized spacial score (nSPS) is 20.7. The van der Waals surface area contributed by atoms with Crippen molar-refractivity contribution in [2.45, 2.75) is 25.1 Å². The Hall–Kier alpha value is -1.24. The summed E-state index contributed by atoms with van der Waals surface area (Å²) in [6, 6.07) is 6.60. The molecule has 1 saturated heterocycles. The summed E-state index contributed by atoms with van der Waals surface area (Å²) >= 11 is 7.28. The second-order valence-corrected chi connectivity index (χ2v) is 6.17. The number of benzene rings is 1. The molecule has 1 fully saturated rings. The molecule has 1 heterocycles. The smallest absolute Gasteiger partial charge is 0.279 e. The zero-order valence-corrected chi connectivity index (χ0v) is 13.3. The van der Waals surface area contributed by atoms with E-state index in [1.54, 1.807) is 13.2 Å².